The van der Waals surface area contributed by atoms with Gasteiger partial charge in [-0.05, 0) is 50.7 Å². The molecule has 1 atom stereocenters. The molecule has 1 fully saturated rings. The second-order valence-electron chi connectivity index (χ2n) is 5.86. The van der Waals surface area contributed by atoms with Crippen LogP contribution in [0.15, 0.2) is 34.2 Å². The number of benzene rings is 1. The summed E-state index contributed by atoms with van der Waals surface area (Å²) in [4.78, 5) is 6.97. The van der Waals surface area contributed by atoms with Gasteiger partial charge in [-0.1, -0.05) is 19.1 Å². The van der Waals surface area contributed by atoms with Crippen LogP contribution in [0, 0.1) is 0 Å². The van der Waals surface area contributed by atoms with Crippen LogP contribution in [0.4, 0.5) is 0 Å². The normalized spacial score (nSPS) is 19.6. The fraction of sp³-hybridized carbons (Fsp3) is 0.562. The molecule has 0 amide bonds. The number of hydrogen-bond acceptors (Lipinski definition) is 4. The molecule has 8 heteroatoms. The average molecular weight is 353 g/mol. The molecular formula is C16H27N5O2S. The van der Waals surface area contributed by atoms with Crippen molar-refractivity contribution >= 4 is 16.0 Å². The number of likely N-dealkylation sites (N-methyl/N-ethyl adjacent to an activating group) is 1. The summed E-state index contributed by atoms with van der Waals surface area (Å²) in [6.45, 7) is 5.50. The Morgan fingerprint density at radius 3 is 2.96 bits per heavy atom. The van der Waals surface area contributed by atoms with Crippen molar-refractivity contribution < 1.29 is 8.42 Å². The molecule has 0 radical (unpaired) electrons. The minimum atomic E-state index is -3.44. The molecule has 0 bridgehead atoms. The van der Waals surface area contributed by atoms with E-state index in [4.69, 9.17) is 5.73 Å². The molecular weight excluding hydrogens is 326 g/mol. The number of nitrogens with zero attached hydrogens (tertiary/aromatic N) is 2. The molecule has 0 aliphatic carbocycles. The van der Waals surface area contributed by atoms with E-state index in [1.807, 2.05) is 6.07 Å². The van der Waals surface area contributed by atoms with Crippen LogP contribution in [-0.2, 0) is 16.6 Å². The van der Waals surface area contributed by atoms with E-state index in [9.17, 15) is 8.42 Å². The van der Waals surface area contributed by atoms with Gasteiger partial charge in [-0.25, -0.2) is 18.1 Å². The summed E-state index contributed by atoms with van der Waals surface area (Å²) in [6.07, 6.45) is 2.40. The van der Waals surface area contributed by atoms with Crippen molar-refractivity contribution in [3.63, 3.8) is 0 Å². The molecule has 24 heavy (non-hydrogen) atoms. The van der Waals surface area contributed by atoms with E-state index in [1.54, 1.807) is 18.2 Å². The summed E-state index contributed by atoms with van der Waals surface area (Å²) in [5.74, 6) is 0.389. The topological polar surface area (TPSA) is 99.8 Å². The predicted octanol–water partition coefficient (Wildman–Crippen LogP) is 0.483. The molecule has 134 valence electrons. The number of hydrogen-bond donors (Lipinski definition) is 3. The summed E-state index contributed by atoms with van der Waals surface area (Å²) in [5.41, 5.74) is 6.72. The molecule has 0 saturated carbocycles. The van der Waals surface area contributed by atoms with E-state index in [2.05, 4.69) is 26.9 Å². The van der Waals surface area contributed by atoms with Gasteiger partial charge < -0.3 is 11.1 Å². The fourth-order valence-electron chi connectivity index (χ4n) is 2.93. The molecule has 0 spiro atoms. The Bertz CT molecular complexity index is 675. The quantitative estimate of drug-likeness (QED) is 0.489. The molecule has 1 heterocycles. The Kier molecular flexibility index (Phi) is 6.59. The van der Waals surface area contributed by atoms with Gasteiger partial charge >= 0.3 is 0 Å². The van der Waals surface area contributed by atoms with Crippen molar-refractivity contribution in [2.45, 2.75) is 37.2 Å². The first-order valence-electron chi connectivity index (χ1n) is 8.26. The van der Waals surface area contributed by atoms with Crippen LogP contribution in [0.5, 0.6) is 0 Å². The summed E-state index contributed by atoms with van der Waals surface area (Å²) in [5, 5.41) is 3.17. The predicted molar refractivity (Wildman–Crippen MR) is 96.3 cm³/mol. The molecule has 0 aromatic heterocycles. The first-order valence-corrected chi connectivity index (χ1v) is 9.75. The number of likely N-dealkylation sites (tertiary alicyclic amines) is 1. The van der Waals surface area contributed by atoms with E-state index in [-0.39, 0.29) is 4.90 Å². The van der Waals surface area contributed by atoms with Gasteiger partial charge in [0.25, 0.3) is 0 Å². The number of sulfonamides is 1. The minimum absolute atomic E-state index is 0.230. The number of rotatable bonds is 7. The standard InChI is InChI=1S/C16H27N5O2S/c1-3-21-9-5-7-14(21)12-20-16(17)19-11-13-6-4-8-15(10-13)24(22,23)18-2/h4,6,8,10,14,18H,3,5,7,9,11-12H2,1-2H3,(H3,17,19,20). The summed E-state index contributed by atoms with van der Waals surface area (Å²) >= 11 is 0. The van der Waals surface area contributed by atoms with Crippen molar-refractivity contribution in [3.05, 3.63) is 29.8 Å². The van der Waals surface area contributed by atoms with E-state index >= 15 is 0 Å². The highest BCUT2D eigenvalue weighted by atomic mass is 32.2. The van der Waals surface area contributed by atoms with Crippen LogP contribution in [0.2, 0.25) is 0 Å². The largest absolute Gasteiger partial charge is 0.370 e. The maximum Gasteiger partial charge on any atom is 0.240 e. The number of aliphatic imine (C=N–C) groups is 1. The number of nitrogens with one attached hydrogen (secondary N) is 2. The number of nitrogens with two attached hydrogens (primary N) is 1. The maximum atomic E-state index is 11.8. The SMILES string of the molecule is CCN1CCCC1CNC(N)=NCc1cccc(S(=O)(=O)NC)c1. The van der Waals surface area contributed by atoms with Crippen LogP contribution in [0.1, 0.15) is 25.3 Å². The molecule has 1 aromatic rings. The Labute approximate surface area is 144 Å². The molecule has 1 saturated heterocycles. The van der Waals surface area contributed by atoms with Crippen molar-refractivity contribution in [2.24, 2.45) is 10.7 Å². The first-order chi connectivity index (χ1) is 11.5. The second-order valence-corrected chi connectivity index (χ2v) is 7.75. The zero-order valence-electron chi connectivity index (χ0n) is 14.3. The van der Waals surface area contributed by atoms with Crippen molar-refractivity contribution in [1.82, 2.24) is 14.9 Å². The molecule has 4 N–H and O–H groups in total. The van der Waals surface area contributed by atoms with Gasteiger partial charge in [-0.2, -0.15) is 0 Å². The molecule has 2 rings (SSSR count). The van der Waals surface area contributed by atoms with Crippen molar-refractivity contribution in [2.75, 3.05) is 26.7 Å². The van der Waals surface area contributed by atoms with Crippen molar-refractivity contribution in [3.8, 4) is 0 Å². The third kappa shape index (κ3) is 4.93. The smallest absolute Gasteiger partial charge is 0.240 e. The highest BCUT2D eigenvalue weighted by Crippen LogP contribution is 2.15. The van der Waals surface area contributed by atoms with Crippen LogP contribution >= 0.6 is 0 Å². The Morgan fingerprint density at radius 1 is 1.46 bits per heavy atom. The third-order valence-electron chi connectivity index (χ3n) is 4.33. The zero-order valence-corrected chi connectivity index (χ0v) is 15.1. The van der Waals surface area contributed by atoms with Gasteiger partial charge in [0.1, 0.15) is 0 Å². The van der Waals surface area contributed by atoms with Gasteiger partial charge in [0.15, 0.2) is 5.96 Å². The van der Waals surface area contributed by atoms with Crippen LogP contribution in [0.3, 0.4) is 0 Å². The lowest BCUT2D eigenvalue weighted by molar-refractivity contribution is 0.267. The van der Waals surface area contributed by atoms with E-state index in [1.165, 1.54) is 19.9 Å². The Morgan fingerprint density at radius 2 is 2.25 bits per heavy atom. The first kappa shape index (κ1) is 18.7. The third-order valence-corrected chi connectivity index (χ3v) is 5.75. The average Bonchev–Trinajstić information content (AvgIpc) is 3.06. The molecule has 1 aliphatic heterocycles. The lowest BCUT2D eigenvalue weighted by Crippen LogP contribution is -2.42. The summed E-state index contributed by atoms with van der Waals surface area (Å²) < 4.78 is 25.9. The molecule has 1 aromatic carbocycles. The van der Waals surface area contributed by atoms with Gasteiger partial charge in [0.2, 0.25) is 10.0 Å². The minimum Gasteiger partial charge on any atom is -0.370 e. The van der Waals surface area contributed by atoms with Gasteiger partial charge in [-0.15, -0.1) is 0 Å². The molecule has 1 unspecified atom stereocenters. The summed E-state index contributed by atoms with van der Waals surface area (Å²) in [7, 11) is -2.05. The zero-order chi connectivity index (χ0) is 17.6. The lowest BCUT2D eigenvalue weighted by Gasteiger charge is -2.23. The van der Waals surface area contributed by atoms with Gasteiger partial charge in [0, 0.05) is 12.6 Å². The van der Waals surface area contributed by atoms with Gasteiger partial charge in [0.05, 0.1) is 11.4 Å². The van der Waals surface area contributed by atoms with Crippen LogP contribution in [-0.4, -0.2) is 52.0 Å². The van der Waals surface area contributed by atoms with Crippen molar-refractivity contribution in [1.29, 1.82) is 0 Å². The van der Waals surface area contributed by atoms with Gasteiger partial charge in [-0.3, -0.25) is 4.90 Å². The van der Waals surface area contributed by atoms with E-state index < -0.39 is 10.0 Å². The molecule has 1 aliphatic rings. The van der Waals surface area contributed by atoms with Crippen LogP contribution in [0.25, 0.3) is 0 Å². The highest BCUT2D eigenvalue weighted by molar-refractivity contribution is 7.89. The second kappa shape index (κ2) is 8.46. The molecule has 7 nitrogen and oxygen atoms in total. The monoisotopic (exact) mass is 353 g/mol. The highest BCUT2D eigenvalue weighted by Gasteiger charge is 2.22. The van der Waals surface area contributed by atoms with E-state index in [0.717, 1.165) is 25.2 Å². The fourth-order valence-corrected chi connectivity index (χ4v) is 3.73. The van der Waals surface area contributed by atoms with E-state index in [0.29, 0.717) is 18.5 Å². The summed E-state index contributed by atoms with van der Waals surface area (Å²) in [6, 6.07) is 7.21. The number of guanidine groups is 1. The lowest BCUT2D eigenvalue weighted by atomic mass is 10.2. The Hall–Kier alpha value is -1.64. The maximum absolute atomic E-state index is 11.8. The van der Waals surface area contributed by atoms with Crippen LogP contribution < -0.4 is 15.8 Å². The Balaban J connectivity index is 1.91.